The molecule has 0 spiro atoms. The molecule has 0 radical (unpaired) electrons. The maximum absolute atomic E-state index is 11.9. The van der Waals surface area contributed by atoms with Crippen molar-refractivity contribution < 1.29 is 24.4 Å². The van der Waals surface area contributed by atoms with Gasteiger partial charge in [-0.1, -0.05) is 17.7 Å². The van der Waals surface area contributed by atoms with Gasteiger partial charge in [0.15, 0.2) is 0 Å². The molecule has 0 saturated carbocycles. The van der Waals surface area contributed by atoms with Crippen LogP contribution in [0.1, 0.15) is 5.56 Å². The largest absolute Gasteiger partial charge is 0.571 e. The zero-order chi connectivity index (χ0) is 15.0. The summed E-state index contributed by atoms with van der Waals surface area (Å²) in [5.41, 5.74) is 1.14. The minimum absolute atomic E-state index is 0.0610. The fraction of sp³-hybridized carbons (Fsp3) is 0.0667. The molecule has 0 N–H and O–H groups in total. The van der Waals surface area contributed by atoms with E-state index in [1.807, 2.05) is 19.1 Å². The van der Waals surface area contributed by atoms with Gasteiger partial charge in [-0.25, -0.2) is 0 Å². The lowest BCUT2D eigenvalue weighted by Gasteiger charge is -1.97. The van der Waals surface area contributed by atoms with Gasteiger partial charge >= 0.3 is 5.69 Å². The van der Waals surface area contributed by atoms with Crippen LogP contribution >= 0.6 is 0 Å². The Morgan fingerprint density at radius 1 is 1.00 bits per heavy atom. The van der Waals surface area contributed by atoms with Crippen LogP contribution in [0.2, 0.25) is 0 Å². The zero-order valence-electron chi connectivity index (χ0n) is 11.0. The van der Waals surface area contributed by atoms with Crippen molar-refractivity contribution in [3.8, 4) is 17.6 Å². The van der Waals surface area contributed by atoms with Gasteiger partial charge in [-0.15, -0.1) is 0 Å². The molecular formula is C15H10NO5-. The second-order valence-corrected chi connectivity index (χ2v) is 4.57. The summed E-state index contributed by atoms with van der Waals surface area (Å²) in [5.74, 6) is -1.10. The SMILES string of the molecule is Cc1ccc(O[N+](=O)c2ccc3c([O-])oc([O-])c3c2)cc1. The molecule has 106 valence electrons. The van der Waals surface area contributed by atoms with Crippen LogP contribution in [0.15, 0.2) is 46.9 Å². The predicted octanol–water partition coefficient (Wildman–Crippen LogP) is 2.29. The van der Waals surface area contributed by atoms with E-state index in [0.717, 1.165) is 5.56 Å². The maximum atomic E-state index is 11.9. The minimum Gasteiger partial charge on any atom is -0.571 e. The summed E-state index contributed by atoms with van der Waals surface area (Å²) in [7, 11) is 0. The van der Waals surface area contributed by atoms with Crippen molar-refractivity contribution in [1.82, 2.24) is 0 Å². The third-order valence-corrected chi connectivity index (χ3v) is 3.05. The zero-order valence-corrected chi connectivity index (χ0v) is 11.0. The van der Waals surface area contributed by atoms with E-state index in [9.17, 15) is 15.1 Å². The van der Waals surface area contributed by atoms with Gasteiger partial charge in [-0.3, -0.25) is 0 Å². The van der Waals surface area contributed by atoms with E-state index in [1.165, 1.54) is 18.2 Å². The molecule has 21 heavy (non-hydrogen) atoms. The fourth-order valence-electron chi connectivity index (χ4n) is 1.93. The average molecular weight is 284 g/mol. The summed E-state index contributed by atoms with van der Waals surface area (Å²) in [4.78, 5) is 17.3. The third-order valence-electron chi connectivity index (χ3n) is 3.05. The highest BCUT2D eigenvalue weighted by molar-refractivity contribution is 5.91. The summed E-state index contributed by atoms with van der Waals surface area (Å²) in [5, 5.41) is 23.0. The number of hydrogen-bond acceptors (Lipinski definition) is 5. The molecule has 1 aromatic heterocycles. The van der Waals surface area contributed by atoms with Crippen molar-refractivity contribution >= 4 is 16.5 Å². The number of furan rings is 1. The van der Waals surface area contributed by atoms with Gasteiger partial charge in [0.25, 0.3) is 4.92 Å². The van der Waals surface area contributed by atoms with Gasteiger partial charge < -0.3 is 14.6 Å². The van der Waals surface area contributed by atoms with Crippen LogP contribution in [0.3, 0.4) is 0 Å². The molecule has 0 aliphatic rings. The molecule has 0 unspecified atom stereocenters. The number of aryl methyl sites for hydroxylation is 1. The number of benzene rings is 2. The number of rotatable bonds is 3. The molecule has 1 heterocycles. The van der Waals surface area contributed by atoms with Gasteiger partial charge in [0.05, 0.1) is 16.8 Å². The Hall–Kier alpha value is -3.02. The topological polar surface area (TPSA) is 88.6 Å². The quantitative estimate of drug-likeness (QED) is 0.688. The molecule has 3 rings (SSSR count). The molecule has 3 aromatic rings. The normalized spacial score (nSPS) is 10.7. The Balaban J connectivity index is 1.91. The van der Waals surface area contributed by atoms with Crippen LogP contribution < -0.4 is 15.1 Å². The van der Waals surface area contributed by atoms with Crippen molar-refractivity contribution in [2.75, 3.05) is 0 Å². The highest BCUT2D eigenvalue weighted by atomic mass is 16.8. The average Bonchev–Trinajstić information content (AvgIpc) is 2.76. The smallest absolute Gasteiger partial charge is 0.317 e. The Labute approximate surface area is 119 Å². The van der Waals surface area contributed by atoms with Gasteiger partial charge in [-0.2, -0.15) is 4.84 Å². The predicted molar refractivity (Wildman–Crippen MR) is 70.2 cm³/mol. The van der Waals surface area contributed by atoms with Crippen LogP contribution in [-0.2, 0) is 0 Å². The van der Waals surface area contributed by atoms with Gasteiger partial charge in [-0.05, 0) is 25.1 Å². The van der Waals surface area contributed by atoms with Crippen molar-refractivity contribution in [2.24, 2.45) is 0 Å². The van der Waals surface area contributed by atoms with Crippen molar-refractivity contribution in [3.05, 3.63) is 52.9 Å². The lowest BCUT2D eigenvalue weighted by Crippen LogP contribution is -2.06. The van der Waals surface area contributed by atoms with E-state index in [2.05, 4.69) is 4.42 Å². The summed E-state index contributed by atoms with van der Waals surface area (Å²) < 4.78 is 4.46. The Morgan fingerprint density at radius 2 is 1.67 bits per heavy atom. The highest BCUT2D eigenvalue weighted by Crippen LogP contribution is 2.34. The second-order valence-electron chi connectivity index (χ2n) is 4.57. The van der Waals surface area contributed by atoms with Crippen molar-refractivity contribution in [3.63, 3.8) is 0 Å². The monoisotopic (exact) mass is 284 g/mol. The summed E-state index contributed by atoms with van der Waals surface area (Å²) >= 11 is 0. The van der Waals surface area contributed by atoms with E-state index in [0.29, 0.717) is 5.75 Å². The molecule has 0 fully saturated rings. The molecule has 6 heteroatoms. The molecule has 0 aliphatic carbocycles. The minimum atomic E-state index is -0.763. The number of hydrogen-bond donors (Lipinski definition) is 0. The molecule has 6 nitrogen and oxygen atoms in total. The van der Waals surface area contributed by atoms with Gasteiger partial charge in [0.2, 0.25) is 5.75 Å². The maximum Gasteiger partial charge on any atom is 0.317 e. The molecular weight excluding hydrogens is 274 g/mol. The van der Waals surface area contributed by atoms with E-state index in [1.54, 1.807) is 12.1 Å². The Bertz CT molecular complexity index is 820. The van der Waals surface area contributed by atoms with E-state index >= 15 is 0 Å². The van der Waals surface area contributed by atoms with Crippen LogP contribution in [0.5, 0.6) is 17.6 Å². The highest BCUT2D eigenvalue weighted by Gasteiger charge is 2.19. The number of nitrogens with zero attached hydrogens (tertiary/aromatic N) is 1. The van der Waals surface area contributed by atoms with Gasteiger partial charge in [0.1, 0.15) is 0 Å². The first-order valence-corrected chi connectivity index (χ1v) is 6.17. The molecule has 0 bridgehead atoms. The second kappa shape index (κ2) is 4.82. The summed E-state index contributed by atoms with van der Waals surface area (Å²) in [6.45, 7) is 1.92. The van der Waals surface area contributed by atoms with E-state index in [4.69, 9.17) is 4.84 Å². The summed E-state index contributed by atoms with van der Waals surface area (Å²) in [6.07, 6.45) is 0. The fourth-order valence-corrected chi connectivity index (χ4v) is 1.93. The van der Waals surface area contributed by atoms with Crippen LogP contribution in [-0.4, -0.2) is 4.92 Å². The molecule has 0 amide bonds. The third kappa shape index (κ3) is 2.38. The standard InChI is InChI=1S/C15H11NO5/c1-9-2-5-11(6-3-9)21-16(19)10-4-7-12-13(8-10)15(18)20-14(12)17/h2-8H,1H3,(H-,17,18,19)/p-1. The summed E-state index contributed by atoms with van der Waals surface area (Å²) in [6, 6.07) is 10.9. The van der Waals surface area contributed by atoms with E-state index < -0.39 is 11.9 Å². The molecule has 0 atom stereocenters. The van der Waals surface area contributed by atoms with Crippen molar-refractivity contribution in [2.45, 2.75) is 6.92 Å². The van der Waals surface area contributed by atoms with Crippen LogP contribution in [0.4, 0.5) is 5.69 Å². The Morgan fingerprint density at radius 3 is 2.38 bits per heavy atom. The molecule has 2 aromatic carbocycles. The first-order chi connectivity index (χ1) is 10.0. The van der Waals surface area contributed by atoms with Gasteiger partial charge in [0, 0.05) is 22.9 Å². The number of fused-ring (bicyclic) bond motifs is 1. The molecule has 0 aliphatic heterocycles. The molecule has 0 saturated heterocycles. The van der Waals surface area contributed by atoms with Crippen LogP contribution in [0, 0.1) is 11.8 Å². The van der Waals surface area contributed by atoms with E-state index in [-0.39, 0.29) is 21.4 Å². The first kappa shape index (κ1) is 13.0. The lowest BCUT2D eigenvalue weighted by molar-refractivity contribution is -0.697. The van der Waals surface area contributed by atoms with Crippen LogP contribution in [0.25, 0.3) is 10.8 Å². The lowest BCUT2D eigenvalue weighted by atomic mass is 10.2. The first-order valence-electron chi connectivity index (χ1n) is 6.17. The Kier molecular flexibility index (Phi) is 2.98. The van der Waals surface area contributed by atoms with Crippen molar-refractivity contribution in [1.29, 1.82) is 0 Å².